The number of nitrogens with zero attached hydrogens (tertiary/aromatic N) is 4. The third-order valence-corrected chi connectivity index (χ3v) is 5.60. The average Bonchev–Trinajstić information content (AvgIpc) is 2.96. The molecule has 1 aliphatic rings. The second kappa shape index (κ2) is 8.03. The Morgan fingerprint density at radius 3 is 2.60 bits per heavy atom. The predicted molar refractivity (Wildman–Crippen MR) is 116 cm³/mol. The number of hydrogen-bond acceptors (Lipinski definition) is 3. The number of benzene rings is 2. The van der Waals surface area contributed by atoms with Crippen LogP contribution < -0.4 is 0 Å². The van der Waals surface area contributed by atoms with Crippen LogP contribution in [0.25, 0.3) is 5.69 Å². The third-order valence-electron chi connectivity index (χ3n) is 5.36. The van der Waals surface area contributed by atoms with E-state index in [1.165, 1.54) is 6.07 Å². The van der Waals surface area contributed by atoms with E-state index in [2.05, 4.69) is 4.98 Å². The van der Waals surface area contributed by atoms with Gasteiger partial charge in [0.25, 0.3) is 5.91 Å². The minimum absolute atomic E-state index is 0.128. The largest absolute Gasteiger partial charge is 0.338 e. The zero-order valence-corrected chi connectivity index (χ0v) is 17.9. The van der Waals surface area contributed by atoms with Gasteiger partial charge in [-0.3, -0.25) is 14.4 Å². The summed E-state index contributed by atoms with van der Waals surface area (Å²) in [6.45, 7) is 7.13. The summed E-state index contributed by atoms with van der Waals surface area (Å²) >= 11 is 6.29. The van der Waals surface area contributed by atoms with E-state index in [1.54, 1.807) is 35.2 Å². The van der Waals surface area contributed by atoms with Crippen molar-refractivity contribution < 1.29 is 9.18 Å². The van der Waals surface area contributed by atoms with Gasteiger partial charge >= 0.3 is 0 Å². The molecular weight excluding hydrogens is 403 g/mol. The van der Waals surface area contributed by atoms with Gasteiger partial charge in [-0.2, -0.15) is 0 Å². The van der Waals surface area contributed by atoms with Gasteiger partial charge in [-0.1, -0.05) is 23.7 Å². The lowest BCUT2D eigenvalue weighted by Crippen LogP contribution is -2.31. The Morgan fingerprint density at radius 1 is 1.17 bits per heavy atom. The van der Waals surface area contributed by atoms with Gasteiger partial charge < -0.3 is 4.90 Å². The Bertz CT molecular complexity index is 1160. The predicted octanol–water partition coefficient (Wildman–Crippen LogP) is 4.81. The molecule has 2 heterocycles. The van der Waals surface area contributed by atoms with Crippen molar-refractivity contribution in [1.82, 2.24) is 14.5 Å². The van der Waals surface area contributed by atoms with E-state index in [0.717, 1.165) is 5.69 Å². The fraction of sp³-hybridized carbons (Fsp3) is 0.261. The van der Waals surface area contributed by atoms with Crippen LogP contribution >= 0.6 is 11.6 Å². The van der Waals surface area contributed by atoms with Crippen molar-refractivity contribution in [3.05, 3.63) is 81.6 Å². The van der Waals surface area contributed by atoms with E-state index in [-0.39, 0.29) is 18.3 Å². The highest BCUT2D eigenvalue weighted by Crippen LogP contribution is 2.31. The van der Waals surface area contributed by atoms with Crippen molar-refractivity contribution in [1.29, 1.82) is 0 Å². The van der Waals surface area contributed by atoms with Crippen LogP contribution in [0.15, 0.2) is 47.5 Å². The van der Waals surface area contributed by atoms with Crippen LogP contribution in [0.4, 0.5) is 4.39 Å². The molecule has 154 valence electrons. The molecule has 3 aromatic rings. The number of halogens is 2. The number of aryl methyl sites for hydroxylation is 1. The van der Waals surface area contributed by atoms with E-state index < -0.39 is 0 Å². The molecule has 1 aliphatic heterocycles. The summed E-state index contributed by atoms with van der Waals surface area (Å²) in [5.74, 6) is 0.189. The van der Waals surface area contributed by atoms with E-state index in [4.69, 9.17) is 16.6 Å². The number of rotatable bonds is 4. The van der Waals surface area contributed by atoms with Crippen molar-refractivity contribution in [3.8, 4) is 5.69 Å². The van der Waals surface area contributed by atoms with E-state index in [9.17, 15) is 9.18 Å². The molecule has 1 amide bonds. The molecule has 0 N–H and O–H groups in total. The SMILES string of the molecule is CCN(CC)C(=O)c1nc(C)n2c1CN=C(c1ccccc1F)c1cc(Cl)ccc1-2. The maximum absolute atomic E-state index is 14.6. The lowest BCUT2D eigenvalue weighted by Gasteiger charge is -2.18. The maximum Gasteiger partial charge on any atom is 0.274 e. The standard InChI is InChI=1S/C23H22ClFN4O/c1-4-28(5-2)23(30)22-20-13-26-21(16-8-6-7-9-18(16)25)17-12-15(24)10-11-19(17)29(20)14(3)27-22/h6-12H,4-5,13H2,1-3H3. The number of carbonyl (C=O) groups is 1. The highest BCUT2D eigenvalue weighted by Gasteiger charge is 2.28. The van der Waals surface area contributed by atoms with E-state index in [0.29, 0.717) is 52.2 Å². The number of imidazole rings is 1. The van der Waals surface area contributed by atoms with Gasteiger partial charge in [0.15, 0.2) is 5.69 Å². The van der Waals surface area contributed by atoms with Crippen molar-refractivity contribution >= 4 is 23.2 Å². The first-order valence-electron chi connectivity index (χ1n) is 9.93. The molecule has 0 radical (unpaired) electrons. The molecule has 0 fully saturated rings. The van der Waals surface area contributed by atoms with Crippen LogP contribution in [0.5, 0.6) is 0 Å². The Hall–Kier alpha value is -2.99. The zero-order chi connectivity index (χ0) is 21.4. The van der Waals surface area contributed by atoms with Crippen molar-refractivity contribution in [3.63, 3.8) is 0 Å². The molecule has 0 spiro atoms. The second-order valence-electron chi connectivity index (χ2n) is 7.07. The fourth-order valence-corrected chi connectivity index (χ4v) is 4.06. The van der Waals surface area contributed by atoms with Crippen molar-refractivity contribution in [2.45, 2.75) is 27.3 Å². The molecule has 0 atom stereocenters. The van der Waals surface area contributed by atoms with Gasteiger partial charge in [-0.25, -0.2) is 9.37 Å². The molecule has 0 unspecified atom stereocenters. The summed E-state index contributed by atoms with van der Waals surface area (Å²) < 4.78 is 16.6. The first-order chi connectivity index (χ1) is 14.5. The Labute approximate surface area is 179 Å². The smallest absolute Gasteiger partial charge is 0.274 e. The number of fused-ring (bicyclic) bond motifs is 3. The molecule has 1 aromatic heterocycles. The van der Waals surface area contributed by atoms with Crippen LogP contribution in [0.3, 0.4) is 0 Å². The van der Waals surface area contributed by atoms with E-state index in [1.807, 2.05) is 31.4 Å². The number of amides is 1. The quantitative estimate of drug-likeness (QED) is 0.603. The summed E-state index contributed by atoms with van der Waals surface area (Å²) in [5.41, 5.74) is 3.46. The van der Waals surface area contributed by atoms with Crippen LogP contribution in [0.2, 0.25) is 5.02 Å². The summed E-state index contributed by atoms with van der Waals surface area (Å²) in [6, 6.07) is 12.0. The first-order valence-corrected chi connectivity index (χ1v) is 10.3. The molecule has 0 saturated heterocycles. The summed E-state index contributed by atoms with van der Waals surface area (Å²) in [6.07, 6.45) is 0. The van der Waals surface area contributed by atoms with Crippen molar-refractivity contribution in [2.24, 2.45) is 4.99 Å². The van der Waals surface area contributed by atoms with Gasteiger partial charge in [0, 0.05) is 29.2 Å². The number of aliphatic imine (C=N–C) groups is 1. The molecular formula is C23H22ClFN4O. The molecule has 5 nitrogen and oxygen atoms in total. The molecule has 30 heavy (non-hydrogen) atoms. The van der Waals surface area contributed by atoms with Gasteiger partial charge in [0.2, 0.25) is 0 Å². The zero-order valence-electron chi connectivity index (χ0n) is 17.1. The highest BCUT2D eigenvalue weighted by atomic mass is 35.5. The summed E-state index contributed by atoms with van der Waals surface area (Å²) in [5, 5.41) is 0.526. The maximum atomic E-state index is 14.6. The van der Waals surface area contributed by atoms with Crippen LogP contribution in [0.1, 0.15) is 47.0 Å². The minimum Gasteiger partial charge on any atom is -0.338 e. The Kier molecular flexibility index (Phi) is 5.43. The van der Waals surface area contributed by atoms with Crippen LogP contribution in [-0.4, -0.2) is 39.2 Å². The number of hydrogen-bond donors (Lipinski definition) is 0. The number of carbonyl (C=O) groups excluding carboxylic acids is 1. The van der Waals surface area contributed by atoms with Gasteiger partial charge in [-0.15, -0.1) is 0 Å². The van der Waals surface area contributed by atoms with Gasteiger partial charge in [0.05, 0.1) is 23.6 Å². The lowest BCUT2D eigenvalue weighted by molar-refractivity contribution is 0.0766. The van der Waals surface area contributed by atoms with Crippen LogP contribution in [0, 0.1) is 12.7 Å². The van der Waals surface area contributed by atoms with Gasteiger partial charge in [0.1, 0.15) is 11.6 Å². The topological polar surface area (TPSA) is 50.5 Å². The molecule has 0 aliphatic carbocycles. The molecule has 4 rings (SSSR count). The normalized spacial score (nSPS) is 12.6. The first kappa shape index (κ1) is 20.3. The van der Waals surface area contributed by atoms with Crippen molar-refractivity contribution in [2.75, 3.05) is 13.1 Å². The number of aromatic nitrogens is 2. The average molecular weight is 425 g/mol. The molecule has 7 heteroatoms. The molecule has 0 bridgehead atoms. The van der Waals surface area contributed by atoms with E-state index >= 15 is 0 Å². The van der Waals surface area contributed by atoms with Gasteiger partial charge in [-0.05, 0) is 51.1 Å². The minimum atomic E-state index is -0.358. The lowest BCUT2D eigenvalue weighted by atomic mass is 10.00. The Morgan fingerprint density at radius 2 is 1.90 bits per heavy atom. The van der Waals surface area contributed by atoms with Crippen LogP contribution in [-0.2, 0) is 6.54 Å². The fourth-order valence-electron chi connectivity index (χ4n) is 3.89. The second-order valence-corrected chi connectivity index (χ2v) is 7.51. The Balaban J connectivity index is 1.96. The molecule has 2 aromatic carbocycles. The highest BCUT2D eigenvalue weighted by molar-refractivity contribution is 6.31. The summed E-state index contributed by atoms with van der Waals surface area (Å²) in [4.78, 5) is 24.1. The summed E-state index contributed by atoms with van der Waals surface area (Å²) in [7, 11) is 0. The molecule has 0 saturated carbocycles. The third kappa shape index (κ3) is 3.31. The monoisotopic (exact) mass is 424 g/mol.